The number of ether oxygens (including phenoxy) is 1. The van der Waals surface area contributed by atoms with Crippen molar-refractivity contribution < 1.29 is 14.3 Å². The highest BCUT2D eigenvalue weighted by molar-refractivity contribution is 5.96. The fraction of sp³-hybridized carbons (Fsp3) is 0.529. The van der Waals surface area contributed by atoms with E-state index in [2.05, 4.69) is 16.0 Å². The van der Waals surface area contributed by atoms with Crippen molar-refractivity contribution in [2.45, 2.75) is 19.8 Å². The Labute approximate surface area is 137 Å². The SMILES string of the molecule is COCC1(CNC(=O)c2cccc(NC(C)=O)c2)CCNCC1. The summed E-state index contributed by atoms with van der Waals surface area (Å²) in [7, 11) is 1.70. The molecule has 0 spiro atoms. The summed E-state index contributed by atoms with van der Waals surface area (Å²) in [4.78, 5) is 23.5. The molecule has 0 bridgehead atoms. The number of hydrogen-bond acceptors (Lipinski definition) is 4. The summed E-state index contributed by atoms with van der Waals surface area (Å²) in [5, 5.41) is 9.04. The van der Waals surface area contributed by atoms with Gasteiger partial charge in [0.25, 0.3) is 5.91 Å². The summed E-state index contributed by atoms with van der Waals surface area (Å²) in [5.41, 5.74) is 1.15. The van der Waals surface area contributed by atoms with Crippen LogP contribution in [0.25, 0.3) is 0 Å². The number of amides is 2. The van der Waals surface area contributed by atoms with E-state index in [0.29, 0.717) is 24.4 Å². The quantitative estimate of drug-likeness (QED) is 0.740. The molecule has 2 amide bonds. The van der Waals surface area contributed by atoms with Gasteiger partial charge < -0.3 is 20.7 Å². The number of benzene rings is 1. The van der Waals surface area contributed by atoms with Crippen molar-refractivity contribution in [1.29, 1.82) is 0 Å². The van der Waals surface area contributed by atoms with Crippen LogP contribution in [0, 0.1) is 5.41 Å². The van der Waals surface area contributed by atoms with Gasteiger partial charge in [-0.15, -0.1) is 0 Å². The molecule has 1 fully saturated rings. The molecule has 0 radical (unpaired) electrons. The van der Waals surface area contributed by atoms with Gasteiger partial charge in [-0.3, -0.25) is 9.59 Å². The van der Waals surface area contributed by atoms with E-state index in [4.69, 9.17) is 4.74 Å². The highest BCUT2D eigenvalue weighted by Gasteiger charge is 2.32. The molecule has 0 aliphatic carbocycles. The number of nitrogens with one attached hydrogen (secondary N) is 3. The molecule has 6 heteroatoms. The van der Waals surface area contributed by atoms with E-state index < -0.39 is 0 Å². The highest BCUT2D eigenvalue weighted by Crippen LogP contribution is 2.28. The van der Waals surface area contributed by atoms with Gasteiger partial charge in [-0.05, 0) is 44.1 Å². The number of carbonyl (C=O) groups is 2. The van der Waals surface area contributed by atoms with Crippen LogP contribution in [0.2, 0.25) is 0 Å². The van der Waals surface area contributed by atoms with Crippen molar-refractivity contribution in [3.05, 3.63) is 29.8 Å². The van der Waals surface area contributed by atoms with Gasteiger partial charge in [-0.25, -0.2) is 0 Å². The Morgan fingerprint density at radius 2 is 2.04 bits per heavy atom. The topological polar surface area (TPSA) is 79.5 Å². The summed E-state index contributed by atoms with van der Waals surface area (Å²) in [5.74, 6) is -0.289. The van der Waals surface area contributed by atoms with Crippen LogP contribution in [0.3, 0.4) is 0 Å². The minimum absolute atomic E-state index is 0.00902. The number of hydrogen-bond donors (Lipinski definition) is 3. The molecule has 6 nitrogen and oxygen atoms in total. The predicted molar refractivity (Wildman–Crippen MR) is 89.5 cm³/mol. The molecule has 2 rings (SSSR count). The molecule has 3 N–H and O–H groups in total. The zero-order valence-corrected chi connectivity index (χ0v) is 13.8. The molecule has 1 aromatic carbocycles. The van der Waals surface area contributed by atoms with Gasteiger partial charge >= 0.3 is 0 Å². The minimum Gasteiger partial charge on any atom is -0.384 e. The zero-order chi connectivity index (χ0) is 16.7. The zero-order valence-electron chi connectivity index (χ0n) is 13.8. The second-order valence-electron chi connectivity index (χ2n) is 6.13. The van der Waals surface area contributed by atoms with Crippen LogP contribution < -0.4 is 16.0 Å². The number of rotatable bonds is 6. The van der Waals surface area contributed by atoms with Gasteiger partial charge in [0.1, 0.15) is 0 Å². The Kier molecular flexibility index (Phi) is 6.12. The third kappa shape index (κ3) is 5.04. The summed E-state index contributed by atoms with van der Waals surface area (Å²) in [6.45, 7) is 4.56. The summed E-state index contributed by atoms with van der Waals surface area (Å²) in [6.07, 6.45) is 1.96. The van der Waals surface area contributed by atoms with E-state index in [1.54, 1.807) is 31.4 Å². The molecule has 1 aliphatic heterocycles. The lowest BCUT2D eigenvalue weighted by Gasteiger charge is -2.37. The lowest BCUT2D eigenvalue weighted by atomic mass is 9.79. The molecule has 0 saturated carbocycles. The van der Waals surface area contributed by atoms with E-state index >= 15 is 0 Å². The van der Waals surface area contributed by atoms with E-state index in [1.165, 1.54) is 6.92 Å². The molecular weight excluding hydrogens is 294 g/mol. The van der Waals surface area contributed by atoms with Crippen molar-refractivity contribution in [1.82, 2.24) is 10.6 Å². The number of anilines is 1. The van der Waals surface area contributed by atoms with Crippen LogP contribution >= 0.6 is 0 Å². The molecule has 23 heavy (non-hydrogen) atoms. The molecule has 1 saturated heterocycles. The van der Waals surface area contributed by atoms with Gasteiger partial charge in [0.2, 0.25) is 5.91 Å². The highest BCUT2D eigenvalue weighted by atomic mass is 16.5. The van der Waals surface area contributed by atoms with Crippen LogP contribution in [0.5, 0.6) is 0 Å². The van der Waals surface area contributed by atoms with E-state index in [9.17, 15) is 9.59 Å². The first-order valence-corrected chi connectivity index (χ1v) is 7.90. The maximum absolute atomic E-state index is 12.4. The van der Waals surface area contributed by atoms with Crippen LogP contribution in [0.4, 0.5) is 5.69 Å². The normalized spacial score (nSPS) is 16.6. The fourth-order valence-electron chi connectivity index (χ4n) is 2.95. The molecule has 1 aliphatic rings. The van der Waals surface area contributed by atoms with Gasteiger partial charge in [-0.1, -0.05) is 6.07 Å². The minimum atomic E-state index is -0.156. The Bertz CT molecular complexity index is 548. The van der Waals surface area contributed by atoms with Crippen LogP contribution in [0.1, 0.15) is 30.1 Å². The third-order valence-electron chi connectivity index (χ3n) is 4.18. The molecule has 126 valence electrons. The first-order valence-electron chi connectivity index (χ1n) is 7.90. The second-order valence-corrected chi connectivity index (χ2v) is 6.13. The first kappa shape index (κ1) is 17.4. The van der Waals surface area contributed by atoms with Gasteiger partial charge in [0, 0.05) is 37.2 Å². The molecule has 0 unspecified atom stereocenters. The van der Waals surface area contributed by atoms with Crippen molar-refractivity contribution in [3.8, 4) is 0 Å². The number of methoxy groups -OCH3 is 1. The van der Waals surface area contributed by atoms with Crippen molar-refractivity contribution in [2.75, 3.05) is 38.7 Å². The van der Waals surface area contributed by atoms with Crippen molar-refractivity contribution >= 4 is 17.5 Å². The largest absolute Gasteiger partial charge is 0.384 e. The van der Waals surface area contributed by atoms with Gasteiger partial charge in [0.15, 0.2) is 0 Å². The maximum Gasteiger partial charge on any atom is 0.251 e. The Morgan fingerprint density at radius 1 is 1.30 bits per heavy atom. The standard InChI is InChI=1S/C17H25N3O3/c1-13(21)20-15-5-3-4-14(10-15)16(22)19-11-17(12-23-2)6-8-18-9-7-17/h3-5,10,18H,6-9,11-12H2,1-2H3,(H,19,22)(H,20,21). The van der Waals surface area contributed by atoms with Crippen LogP contribution in [-0.2, 0) is 9.53 Å². The monoisotopic (exact) mass is 319 g/mol. The Hall–Kier alpha value is -1.92. The van der Waals surface area contributed by atoms with Crippen molar-refractivity contribution in [3.63, 3.8) is 0 Å². The van der Waals surface area contributed by atoms with Crippen LogP contribution in [0.15, 0.2) is 24.3 Å². The molecule has 1 aromatic rings. The van der Waals surface area contributed by atoms with Gasteiger partial charge in [-0.2, -0.15) is 0 Å². The smallest absolute Gasteiger partial charge is 0.251 e. The summed E-state index contributed by atoms with van der Waals surface area (Å²) >= 11 is 0. The Balaban J connectivity index is 1.99. The molecule has 0 aromatic heterocycles. The summed E-state index contributed by atoms with van der Waals surface area (Å²) in [6, 6.07) is 6.95. The molecule has 1 heterocycles. The fourth-order valence-corrected chi connectivity index (χ4v) is 2.95. The maximum atomic E-state index is 12.4. The number of piperidine rings is 1. The van der Waals surface area contributed by atoms with E-state index in [1.807, 2.05) is 0 Å². The third-order valence-corrected chi connectivity index (χ3v) is 4.18. The second kappa shape index (κ2) is 8.08. The molecule has 0 atom stereocenters. The number of carbonyl (C=O) groups excluding carboxylic acids is 2. The lowest BCUT2D eigenvalue weighted by molar-refractivity contribution is -0.114. The van der Waals surface area contributed by atoms with E-state index in [0.717, 1.165) is 25.9 Å². The summed E-state index contributed by atoms with van der Waals surface area (Å²) < 4.78 is 5.36. The van der Waals surface area contributed by atoms with Crippen molar-refractivity contribution in [2.24, 2.45) is 5.41 Å². The van der Waals surface area contributed by atoms with Gasteiger partial charge in [0.05, 0.1) is 6.61 Å². The predicted octanol–water partition coefficient (Wildman–Crippen LogP) is 1.39. The average Bonchev–Trinajstić information content (AvgIpc) is 2.53. The lowest BCUT2D eigenvalue weighted by Crippen LogP contribution is -2.47. The average molecular weight is 319 g/mol. The van der Waals surface area contributed by atoms with E-state index in [-0.39, 0.29) is 17.2 Å². The Morgan fingerprint density at radius 3 is 2.70 bits per heavy atom. The van der Waals surface area contributed by atoms with Crippen LogP contribution in [-0.4, -0.2) is 45.2 Å². The first-order chi connectivity index (χ1) is 11.0. The molecular formula is C17H25N3O3.